The summed E-state index contributed by atoms with van der Waals surface area (Å²) in [4.78, 5) is 16.2. The molecule has 0 spiro atoms. The van der Waals surface area contributed by atoms with Gasteiger partial charge in [-0.15, -0.1) is 11.3 Å². The third-order valence-electron chi connectivity index (χ3n) is 2.37. The van der Waals surface area contributed by atoms with Crippen molar-refractivity contribution in [3.63, 3.8) is 0 Å². The number of nitrogens with zero attached hydrogens (tertiary/aromatic N) is 1. The van der Waals surface area contributed by atoms with Crippen molar-refractivity contribution in [2.75, 3.05) is 12.4 Å². The van der Waals surface area contributed by atoms with Crippen molar-refractivity contribution < 1.29 is 4.79 Å². The molecule has 0 aliphatic carbocycles. The van der Waals surface area contributed by atoms with Gasteiger partial charge in [0.15, 0.2) is 5.13 Å². The average molecular weight is 316 g/mol. The number of nitrogens with one attached hydrogen (secondary N) is 2. The number of hydrogen-bond donors (Lipinski definition) is 2. The highest BCUT2D eigenvalue weighted by Gasteiger charge is 2.11. The molecule has 2 aromatic rings. The highest BCUT2D eigenvalue weighted by atomic mass is 35.5. The van der Waals surface area contributed by atoms with Crippen LogP contribution in [0.15, 0.2) is 23.6 Å². The Hall–Kier alpha value is -1.30. The van der Waals surface area contributed by atoms with E-state index in [4.69, 9.17) is 23.2 Å². The van der Waals surface area contributed by atoms with Crippen LogP contribution in [0.4, 0.5) is 5.13 Å². The van der Waals surface area contributed by atoms with E-state index in [9.17, 15) is 4.79 Å². The van der Waals surface area contributed by atoms with Gasteiger partial charge in [0.2, 0.25) is 0 Å². The molecule has 7 heteroatoms. The zero-order valence-corrected chi connectivity index (χ0v) is 12.4. The third kappa shape index (κ3) is 3.59. The lowest BCUT2D eigenvalue weighted by Gasteiger charge is -2.05. The molecule has 0 saturated carbocycles. The summed E-state index contributed by atoms with van der Waals surface area (Å²) in [5.74, 6) is -0.249. The van der Waals surface area contributed by atoms with Gasteiger partial charge in [-0.3, -0.25) is 4.79 Å². The highest BCUT2D eigenvalue weighted by molar-refractivity contribution is 7.13. The molecule has 1 aromatic carbocycles. The van der Waals surface area contributed by atoms with Crippen LogP contribution in [0.25, 0.3) is 0 Å². The fraction of sp³-hybridized carbons (Fsp3) is 0.167. The first-order chi connectivity index (χ1) is 9.10. The van der Waals surface area contributed by atoms with E-state index < -0.39 is 0 Å². The Kier molecular flexibility index (Phi) is 4.63. The maximum atomic E-state index is 11.9. The van der Waals surface area contributed by atoms with Crippen LogP contribution < -0.4 is 10.6 Å². The van der Waals surface area contributed by atoms with Crippen molar-refractivity contribution in [3.05, 3.63) is 44.9 Å². The standard InChI is InChI=1S/C12H11Cl2N3OS/c1-15-12-17-8(6-19-12)5-16-11(18)9-3-2-7(13)4-10(9)14/h2-4,6H,5H2,1H3,(H,15,17)(H,16,18). The number of amides is 1. The molecule has 100 valence electrons. The molecule has 0 atom stereocenters. The number of carbonyl (C=O) groups excluding carboxylic acids is 1. The fourth-order valence-electron chi connectivity index (χ4n) is 1.44. The van der Waals surface area contributed by atoms with Crippen LogP contribution >= 0.6 is 34.5 Å². The van der Waals surface area contributed by atoms with Gasteiger partial charge in [0.1, 0.15) is 0 Å². The largest absolute Gasteiger partial charge is 0.365 e. The van der Waals surface area contributed by atoms with Gasteiger partial charge in [0.05, 0.1) is 22.8 Å². The Labute approximate surface area is 124 Å². The van der Waals surface area contributed by atoms with Gasteiger partial charge in [-0.1, -0.05) is 23.2 Å². The summed E-state index contributed by atoms with van der Waals surface area (Å²) in [5.41, 5.74) is 1.20. The number of thiazole rings is 1. The molecule has 0 aliphatic heterocycles. The van der Waals surface area contributed by atoms with Crippen LogP contribution in [0.3, 0.4) is 0 Å². The number of hydrogen-bond acceptors (Lipinski definition) is 4. The van der Waals surface area contributed by atoms with Crippen LogP contribution in [-0.4, -0.2) is 17.9 Å². The highest BCUT2D eigenvalue weighted by Crippen LogP contribution is 2.21. The SMILES string of the molecule is CNc1nc(CNC(=O)c2ccc(Cl)cc2Cl)cs1. The Balaban J connectivity index is 2.01. The maximum absolute atomic E-state index is 11.9. The van der Waals surface area contributed by atoms with Gasteiger partial charge in [-0.25, -0.2) is 4.98 Å². The minimum absolute atomic E-state index is 0.249. The zero-order chi connectivity index (χ0) is 13.8. The Morgan fingerprint density at radius 3 is 2.84 bits per heavy atom. The lowest BCUT2D eigenvalue weighted by atomic mass is 10.2. The molecule has 19 heavy (non-hydrogen) atoms. The predicted octanol–water partition coefficient (Wildman–Crippen LogP) is 3.42. The summed E-state index contributed by atoms with van der Waals surface area (Å²) in [6.07, 6.45) is 0. The lowest BCUT2D eigenvalue weighted by molar-refractivity contribution is 0.0950. The van der Waals surface area contributed by atoms with Crippen LogP contribution in [-0.2, 0) is 6.54 Å². The second-order valence-corrected chi connectivity index (χ2v) is 5.40. The number of benzene rings is 1. The van der Waals surface area contributed by atoms with Gasteiger partial charge < -0.3 is 10.6 Å². The van der Waals surface area contributed by atoms with Crippen molar-refractivity contribution in [3.8, 4) is 0 Å². The maximum Gasteiger partial charge on any atom is 0.253 e. The third-order valence-corrected chi connectivity index (χ3v) is 3.83. The van der Waals surface area contributed by atoms with E-state index in [-0.39, 0.29) is 5.91 Å². The van der Waals surface area contributed by atoms with Crippen LogP contribution in [0.2, 0.25) is 10.0 Å². The molecule has 0 aliphatic rings. The number of halogens is 2. The molecule has 2 rings (SSSR count). The van der Waals surface area contributed by atoms with Crippen molar-refractivity contribution in [2.45, 2.75) is 6.54 Å². The lowest BCUT2D eigenvalue weighted by Crippen LogP contribution is -2.23. The number of rotatable bonds is 4. The van der Waals surface area contributed by atoms with E-state index in [0.717, 1.165) is 10.8 Å². The van der Waals surface area contributed by atoms with Gasteiger partial charge in [-0.05, 0) is 18.2 Å². The molecular formula is C12H11Cl2N3OS. The van der Waals surface area contributed by atoms with E-state index in [2.05, 4.69) is 15.6 Å². The van der Waals surface area contributed by atoms with Crippen molar-refractivity contribution in [1.29, 1.82) is 0 Å². The predicted molar refractivity (Wildman–Crippen MR) is 79.3 cm³/mol. The van der Waals surface area contributed by atoms with E-state index in [1.165, 1.54) is 11.3 Å². The summed E-state index contributed by atoms with van der Waals surface area (Å²) in [5, 5.41) is 9.23. The molecule has 2 N–H and O–H groups in total. The number of aromatic nitrogens is 1. The molecule has 4 nitrogen and oxygen atoms in total. The van der Waals surface area contributed by atoms with Crippen LogP contribution in [0, 0.1) is 0 Å². The second kappa shape index (κ2) is 6.23. The average Bonchev–Trinajstić information content (AvgIpc) is 2.84. The number of carbonyl (C=O) groups is 1. The zero-order valence-electron chi connectivity index (χ0n) is 10.0. The fourth-order valence-corrected chi connectivity index (χ4v) is 2.61. The first-order valence-corrected chi connectivity index (χ1v) is 7.09. The van der Waals surface area contributed by atoms with Gasteiger partial charge in [0, 0.05) is 17.5 Å². The van der Waals surface area contributed by atoms with Crippen LogP contribution in [0.1, 0.15) is 16.1 Å². The quantitative estimate of drug-likeness (QED) is 0.909. The summed E-state index contributed by atoms with van der Waals surface area (Å²) in [6.45, 7) is 0.357. The van der Waals surface area contributed by atoms with Gasteiger partial charge in [-0.2, -0.15) is 0 Å². The molecule has 1 aromatic heterocycles. The van der Waals surface area contributed by atoms with Crippen molar-refractivity contribution in [1.82, 2.24) is 10.3 Å². The minimum atomic E-state index is -0.249. The van der Waals surface area contributed by atoms with Crippen LogP contribution in [0.5, 0.6) is 0 Å². The van der Waals surface area contributed by atoms with E-state index in [0.29, 0.717) is 22.2 Å². The molecule has 0 bridgehead atoms. The van der Waals surface area contributed by atoms with E-state index in [1.54, 1.807) is 25.2 Å². The first-order valence-electron chi connectivity index (χ1n) is 5.45. The van der Waals surface area contributed by atoms with E-state index >= 15 is 0 Å². The summed E-state index contributed by atoms with van der Waals surface area (Å²) >= 11 is 13.2. The monoisotopic (exact) mass is 315 g/mol. The normalized spacial score (nSPS) is 10.3. The van der Waals surface area contributed by atoms with Crippen molar-refractivity contribution >= 4 is 45.6 Å². The molecule has 0 fully saturated rings. The molecular weight excluding hydrogens is 305 g/mol. The Morgan fingerprint density at radius 2 is 2.21 bits per heavy atom. The molecule has 0 saturated heterocycles. The molecule has 0 radical (unpaired) electrons. The summed E-state index contributed by atoms with van der Waals surface area (Å²) in [6, 6.07) is 4.77. The van der Waals surface area contributed by atoms with Crippen molar-refractivity contribution in [2.24, 2.45) is 0 Å². The Morgan fingerprint density at radius 1 is 1.42 bits per heavy atom. The smallest absolute Gasteiger partial charge is 0.253 e. The topological polar surface area (TPSA) is 54.0 Å². The number of anilines is 1. The molecule has 1 heterocycles. The summed E-state index contributed by atoms with van der Waals surface area (Å²) < 4.78 is 0. The second-order valence-electron chi connectivity index (χ2n) is 3.70. The Bertz CT molecular complexity index is 600. The van der Waals surface area contributed by atoms with Gasteiger partial charge in [0.25, 0.3) is 5.91 Å². The minimum Gasteiger partial charge on any atom is -0.365 e. The molecule has 1 amide bonds. The first kappa shape index (κ1) is 14.1. The van der Waals surface area contributed by atoms with Gasteiger partial charge >= 0.3 is 0 Å². The molecule has 0 unspecified atom stereocenters. The summed E-state index contributed by atoms with van der Waals surface area (Å²) in [7, 11) is 1.80. The van der Waals surface area contributed by atoms with E-state index in [1.807, 2.05) is 5.38 Å².